The molecule has 6 heteroatoms. The molecule has 1 atom stereocenters. The molecular weight excluding hydrogens is 208 g/mol. The van der Waals surface area contributed by atoms with Crippen LogP contribution in [0.1, 0.15) is 20.8 Å². The van der Waals surface area contributed by atoms with E-state index in [1.54, 1.807) is 0 Å². The standard InChI is InChI=1S/C10H22N4O2/c1-7(2)8(3)14-9(15)6-12-4-5-13-10(11)16/h7-8,12H,4-6H2,1-3H3,(H,14,15)(H3,11,13,16). The molecule has 0 aliphatic heterocycles. The van der Waals surface area contributed by atoms with Crippen LogP contribution in [0.15, 0.2) is 0 Å². The van der Waals surface area contributed by atoms with Gasteiger partial charge in [-0.3, -0.25) is 4.79 Å². The topological polar surface area (TPSA) is 96.2 Å². The molecule has 0 spiro atoms. The van der Waals surface area contributed by atoms with Crippen molar-refractivity contribution >= 4 is 11.9 Å². The van der Waals surface area contributed by atoms with Crippen molar-refractivity contribution in [3.05, 3.63) is 0 Å². The highest BCUT2D eigenvalue weighted by atomic mass is 16.2. The minimum Gasteiger partial charge on any atom is -0.352 e. The lowest BCUT2D eigenvalue weighted by atomic mass is 10.1. The fraction of sp³-hybridized carbons (Fsp3) is 0.800. The molecule has 0 rings (SSSR count). The Balaban J connectivity index is 3.47. The zero-order valence-electron chi connectivity index (χ0n) is 10.2. The quantitative estimate of drug-likeness (QED) is 0.440. The number of hydrogen-bond donors (Lipinski definition) is 4. The summed E-state index contributed by atoms with van der Waals surface area (Å²) in [5.41, 5.74) is 4.88. The maximum atomic E-state index is 11.4. The van der Waals surface area contributed by atoms with Crippen LogP contribution in [0.25, 0.3) is 0 Å². The number of rotatable bonds is 7. The van der Waals surface area contributed by atoms with Gasteiger partial charge in [0.15, 0.2) is 0 Å². The summed E-state index contributed by atoms with van der Waals surface area (Å²) < 4.78 is 0. The monoisotopic (exact) mass is 230 g/mol. The van der Waals surface area contributed by atoms with Crippen molar-refractivity contribution in [3.63, 3.8) is 0 Å². The van der Waals surface area contributed by atoms with E-state index in [-0.39, 0.29) is 18.5 Å². The summed E-state index contributed by atoms with van der Waals surface area (Å²) in [6, 6.07) is -0.391. The van der Waals surface area contributed by atoms with Crippen LogP contribution in [0.4, 0.5) is 4.79 Å². The van der Waals surface area contributed by atoms with Gasteiger partial charge in [0.2, 0.25) is 5.91 Å². The van der Waals surface area contributed by atoms with Gasteiger partial charge in [-0.15, -0.1) is 0 Å². The van der Waals surface area contributed by atoms with E-state index in [4.69, 9.17) is 5.73 Å². The summed E-state index contributed by atoms with van der Waals surface area (Å²) in [6.07, 6.45) is 0. The first-order chi connectivity index (χ1) is 7.43. The zero-order chi connectivity index (χ0) is 12.6. The van der Waals surface area contributed by atoms with E-state index < -0.39 is 6.03 Å². The third-order valence-electron chi connectivity index (χ3n) is 2.28. The molecule has 0 saturated carbocycles. The zero-order valence-corrected chi connectivity index (χ0v) is 10.2. The van der Waals surface area contributed by atoms with Gasteiger partial charge in [0.05, 0.1) is 6.54 Å². The first kappa shape index (κ1) is 14.7. The number of amides is 3. The maximum Gasteiger partial charge on any atom is 0.312 e. The van der Waals surface area contributed by atoms with Gasteiger partial charge in [-0.05, 0) is 12.8 Å². The van der Waals surface area contributed by atoms with Gasteiger partial charge in [-0.2, -0.15) is 0 Å². The van der Waals surface area contributed by atoms with Gasteiger partial charge in [-0.25, -0.2) is 4.79 Å². The van der Waals surface area contributed by atoms with Crippen molar-refractivity contribution in [1.82, 2.24) is 16.0 Å². The summed E-state index contributed by atoms with van der Waals surface area (Å²) in [5.74, 6) is 0.376. The minimum absolute atomic E-state index is 0.0414. The van der Waals surface area contributed by atoms with Crippen LogP contribution in [-0.2, 0) is 4.79 Å². The second-order valence-electron chi connectivity index (χ2n) is 4.07. The average molecular weight is 230 g/mol. The van der Waals surface area contributed by atoms with Crippen molar-refractivity contribution in [1.29, 1.82) is 0 Å². The maximum absolute atomic E-state index is 11.4. The van der Waals surface area contributed by atoms with Gasteiger partial charge in [0.1, 0.15) is 0 Å². The molecule has 16 heavy (non-hydrogen) atoms. The van der Waals surface area contributed by atoms with E-state index in [1.165, 1.54) is 0 Å². The Bertz CT molecular complexity index is 231. The molecule has 0 heterocycles. The third kappa shape index (κ3) is 8.05. The number of carbonyl (C=O) groups is 2. The number of nitrogens with two attached hydrogens (primary N) is 1. The first-order valence-corrected chi connectivity index (χ1v) is 5.47. The lowest BCUT2D eigenvalue weighted by molar-refractivity contribution is -0.121. The van der Waals surface area contributed by atoms with Gasteiger partial charge in [0.25, 0.3) is 0 Å². The molecule has 0 aliphatic carbocycles. The predicted molar refractivity (Wildman–Crippen MR) is 62.9 cm³/mol. The van der Waals surface area contributed by atoms with E-state index >= 15 is 0 Å². The second-order valence-corrected chi connectivity index (χ2v) is 4.07. The fourth-order valence-corrected chi connectivity index (χ4v) is 0.948. The van der Waals surface area contributed by atoms with E-state index in [1.807, 2.05) is 6.92 Å². The molecule has 3 amide bonds. The summed E-state index contributed by atoms with van der Waals surface area (Å²) in [7, 11) is 0. The van der Waals surface area contributed by atoms with E-state index in [9.17, 15) is 9.59 Å². The number of nitrogens with one attached hydrogen (secondary N) is 3. The molecule has 0 bridgehead atoms. The molecular formula is C10H22N4O2. The molecule has 0 fully saturated rings. The SMILES string of the molecule is CC(C)C(C)NC(=O)CNCCNC(N)=O. The van der Waals surface area contributed by atoms with Gasteiger partial charge in [0, 0.05) is 19.1 Å². The highest BCUT2D eigenvalue weighted by Gasteiger charge is 2.09. The third-order valence-corrected chi connectivity index (χ3v) is 2.28. The fourth-order valence-electron chi connectivity index (χ4n) is 0.948. The van der Waals surface area contributed by atoms with Crippen molar-refractivity contribution in [2.75, 3.05) is 19.6 Å². The van der Waals surface area contributed by atoms with Crippen molar-refractivity contribution in [2.24, 2.45) is 11.7 Å². The summed E-state index contributed by atoms with van der Waals surface area (Å²) in [5, 5.41) is 8.19. The Hall–Kier alpha value is -1.30. The largest absolute Gasteiger partial charge is 0.352 e. The van der Waals surface area contributed by atoms with Gasteiger partial charge >= 0.3 is 6.03 Å². The number of carbonyl (C=O) groups excluding carboxylic acids is 2. The number of hydrogen-bond acceptors (Lipinski definition) is 3. The second kappa shape index (κ2) is 7.92. The predicted octanol–water partition coefficient (Wildman–Crippen LogP) is -0.595. The highest BCUT2D eigenvalue weighted by Crippen LogP contribution is 1.98. The normalized spacial score (nSPS) is 12.2. The summed E-state index contributed by atoms with van der Waals surface area (Å²) in [4.78, 5) is 21.7. The van der Waals surface area contributed by atoms with Crippen LogP contribution in [0.2, 0.25) is 0 Å². The van der Waals surface area contributed by atoms with Crippen LogP contribution in [0, 0.1) is 5.92 Å². The van der Waals surface area contributed by atoms with Crippen molar-refractivity contribution < 1.29 is 9.59 Å². The van der Waals surface area contributed by atoms with Gasteiger partial charge < -0.3 is 21.7 Å². The van der Waals surface area contributed by atoms with Gasteiger partial charge in [-0.1, -0.05) is 13.8 Å². The van der Waals surface area contributed by atoms with E-state index in [0.717, 1.165) is 0 Å². The van der Waals surface area contributed by atoms with Crippen molar-refractivity contribution in [3.8, 4) is 0 Å². The number of primary amides is 1. The lowest BCUT2D eigenvalue weighted by Gasteiger charge is -2.17. The Kier molecular flexibility index (Phi) is 7.28. The molecule has 0 radical (unpaired) electrons. The first-order valence-electron chi connectivity index (χ1n) is 5.47. The van der Waals surface area contributed by atoms with E-state index in [0.29, 0.717) is 19.0 Å². The molecule has 0 aromatic carbocycles. The molecule has 0 aromatic rings. The molecule has 5 N–H and O–H groups in total. The van der Waals surface area contributed by atoms with Crippen LogP contribution in [0.5, 0.6) is 0 Å². The average Bonchev–Trinajstić information content (AvgIpc) is 2.16. The lowest BCUT2D eigenvalue weighted by Crippen LogP contribution is -2.43. The Morgan fingerprint density at radius 3 is 2.31 bits per heavy atom. The van der Waals surface area contributed by atoms with Crippen LogP contribution in [0.3, 0.4) is 0 Å². The Morgan fingerprint density at radius 2 is 1.81 bits per heavy atom. The summed E-state index contributed by atoms with van der Waals surface area (Å²) in [6.45, 7) is 7.26. The molecule has 0 aliphatic rings. The smallest absolute Gasteiger partial charge is 0.312 e. The van der Waals surface area contributed by atoms with Crippen LogP contribution >= 0.6 is 0 Å². The number of urea groups is 1. The Labute approximate surface area is 96.3 Å². The minimum atomic E-state index is -0.556. The molecule has 6 nitrogen and oxygen atoms in total. The van der Waals surface area contributed by atoms with E-state index in [2.05, 4.69) is 29.8 Å². The van der Waals surface area contributed by atoms with Crippen LogP contribution < -0.4 is 21.7 Å². The Morgan fingerprint density at radius 1 is 1.19 bits per heavy atom. The van der Waals surface area contributed by atoms with Crippen LogP contribution in [-0.4, -0.2) is 37.6 Å². The molecule has 0 aromatic heterocycles. The molecule has 0 saturated heterocycles. The molecule has 94 valence electrons. The highest BCUT2D eigenvalue weighted by molar-refractivity contribution is 5.78. The van der Waals surface area contributed by atoms with Crippen molar-refractivity contribution in [2.45, 2.75) is 26.8 Å². The summed E-state index contributed by atoms with van der Waals surface area (Å²) >= 11 is 0. The molecule has 1 unspecified atom stereocenters.